The molecule has 0 atom stereocenters. The molecule has 1 aromatic heterocycles. The number of aromatic nitrogens is 1. The van der Waals surface area contributed by atoms with Gasteiger partial charge in [0.15, 0.2) is 0 Å². The van der Waals surface area contributed by atoms with Gasteiger partial charge in [-0.3, -0.25) is 4.98 Å². The Balaban J connectivity index is 1.82. The number of amides is 1. The summed E-state index contributed by atoms with van der Waals surface area (Å²) >= 11 is 3.37. The van der Waals surface area contributed by atoms with Crippen LogP contribution in [0.5, 0.6) is 0 Å². The van der Waals surface area contributed by atoms with Gasteiger partial charge in [-0.15, -0.1) is 0 Å². The molecule has 0 bridgehead atoms. The summed E-state index contributed by atoms with van der Waals surface area (Å²) in [6.45, 7) is 9.53. The number of carbonyl (C=O) groups excluding carboxylic acids is 1. The molecule has 0 N–H and O–H groups in total. The van der Waals surface area contributed by atoms with Gasteiger partial charge in [-0.1, -0.05) is 0 Å². The van der Waals surface area contributed by atoms with Crippen molar-refractivity contribution in [2.24, 2.45) is 0 Å². The number of rotatable bonds is 3. The van der Waals surface area contributed by atoms with Gasteiger partial charge in [0.2, 0.25) is 0 Å². The number of carbonyl (C=O) groups is 1. The maximum Gasteiger partial charge on any atom is 0.410 e. The van der Waals surface area contributed by atoms with Crippen LogP contribution < -0.4 is 0 Å². The highest BCUT2D eigenvalue weighted by Crippen LogP contribution is 2.28. The first kappa shape index (κ1) is 18.2. The molecule has 2 heterocycles. The summed E-state index contributed by atoms with van der Waals surface area (Å²) in [5.41, 5.74) is 0.221. The van der Waals surface area contributed by atoms with E-state index >= 15 is 0 Å². The number of nitrogens with zero attached hydrogens (tertiary/aromatic N) is 2. The summed E-state index contributed by atoms with van der Waals surface area (Å²) in [5, 5.41) is 0. The van der Waals surface area contributed by atoms with Gasteiger partial charge in [-0.05, 0) is 68.6 Å². The van der Waals surface area contributed by atoms with Crippen LogP contribution in [0.4, 0.5) is 4.79 Å². The first-order valence-corrected chi connectivity index (χ1v) is 8.69. The molecule has 1 amide bonds. The van der Waals surface area contributed by atoms with Gasteiger partial charge in [0.25, 0.3) is 0 Å². The molecule has 5 nitrogen and oxygen atoms in total. The maximum atomic E-state index is 12.1. The summed E-state index contributed by atoms with van der Waals surface area (Å²) in [6.07, 6.45) is 3.12. The van der Waals surface area contributed by atoms with Crippen molar-refractivity contribution < 1.29 is 14.3 Å². The van der Waals surface area contributed by atoms with E-state index in [-0.39, 0.29) is 11.7 Å². The molecule has 1 aromatic rings. The molecular formula is C17H25BrN2O3. The Morgan fingerprint density at radius 1 is 1.35 bits per heavy atom. The van der Waals surface area contributed by atoms with Crippen LogP contribution in [0.1, 0.15) is 46.2 Å². The minimum Gasteiger partial charge on any atom is -0.444 e. The molecule has 1 fully saturated rings. The zero-order valence-corrected chi connectivity index (χ0v) is 15.9. The monoisotopic (exact) mass is 384 g/mol. The molecule has 23 heavy (non-hydrogen) atoms. The van der Waals surface area contributed by atoms with E-state index in [1.165, 1.54) is 0 Å². The number of hydrogen-bond donors (Lipinski definition) is 0. The van der Waals surface area contributed by atoms with E-state index in [1.54, 1.807) is 11.1 Å². The lowest BCUT2D eigenvalue weighted by atomic mass is 9.93. The van der Waals surface area contributed by atoms with E-state index in [2.05, 4.69) is 27.8 Å². The summed E-state index contributed by atoms with van der Waals surface area (Å²) in [6, 6.07) is 3.91. The maximum absolute atomic E-state index is 12.1. The van der Waals surface area contributed by atoms with Crippen molar-refractivity contribution in [3.05, 3.63) is 28.5 Å². The molecule has 1 aliphatic rings. The zero-order chi connectivity index (χ0) is 17.1. The number of halogens is 1. The lowest BCUT2D eigenvalue weighted by molar-refractivity contribution is -0.0821. The van der Waals surface area contributed by atoms with Crippen LogP contribution in [0, 0.1) is 0 Å². The Hall–Kier alpha value is -1.14. The highest BCUT2D eigenvalue weighted by molar-refractivity contribution is 9.10. The summed E-state index contributed by atoms with van der Waals surface area (Å²) in [5.74, 6) is 0. The molecular weight excluding hydrogens is 360 g/mol. The van der Waals surface area contributed by atoms with E-state index in [9.17, 15) is 4.79 Å². The van der Waals surface area contributed by atoms with E-state index in [4.69, 9.17) is 9.47 Å². The van der Waals surface area contributed by atoms with Crippen molar-refractivity contribution >= 4 is 22.0 Å². The van der Waals surface area contributed by atoms with Gasteiger partial charge in [-0.2, -0.15) is 0 Å². The Morgan fingerprint density at radius 3 is 2.52 bits per heavy atom. The largest absolute Gasteiger partial charge is 0.444 e. The Labute approximate surface area is 146 Å². The van der Waals surface area contributed by atoms with Crippen molar-refractivity contribution in [3.63, 3.8) is 0 Å². The minimum absolute atomic E-state index is 0.229. The standard InChI is InChI=1S/C17H25BrN2O3/c1-16(2,3)23-15(21)20-9-7-17(4,8-10-20)22-12-14-6-5-13(18)11-19-14/h5-6,11H,7-10,12H2,1-4H3. The van der Waals surface area contributed by atoms with Crippen LogP contribution in [0.25, 0.3) is 0 Å². The third-order valence-electron chi connectivity index (χ3n) is 3.83. The average molecular weight is 385 g/mol. The molecule has 6 heteroatoms. The van der Waals surface area contributed by atoms with Crippen LogP contribution in [-0.4, -0.2) is 40.3 Å². The molecule has 0 aliphatic carbocycles. The fraction of sp³-hybridized carbons (Fsp3) is 0.647. The lowest BCUT2D eigenvalue weighted by Crippen LogP contribution is -2.47. The Kier molecular flexibility index (Phi) is 5.68. The van der Waals surface area contributed by atoms with Crippen LogP contribution in [-0.2, 0) is 16.1 Å². The van der Waals surface area contributed by atoms with E-state index in [0.29, 0.717) is 19.7 Å². The smallest absolute Gasteiger partial charge is 0.410 e. The van der Waals surface area contributed by atoms with Crippen molar-refractivity contribution in [2.75, 3.05) is 13.1 Å². The number of piperidine rings is 1. The highest BCUT2D eigenvalue weighted by atomic mass is 79.9. The topological polar surface area (TPSA) is 51.7 Å². The second-order valence-electron chi connectivity index (χ2n) is 7.17. The normalized spacial score (nSPS) is 17.9. The lowest BCUT2D eigenvalue weighted by Gasteiger charge is -2.39. The SMILES string of the molecule is CC(C)(C)OC(=O)N1CCC(C)(OCc2ccc(Br)cn2)CC1. The fourth-order valence-corrected chi connectivity index (χ4v) is 2.61. The van der Waals surface area contributed by atoms with Crippen molar-refractivity contribution in [2.45, 2.75) is 58.3 Å². The molecule has 1 aliphatic heterocycles. The molecule has 2 rings (SSSR count). The van der Waals surface area contributed by atoms with Gasteiger partial charge in [0, 0.05) is 23.8 Å². The van der Waals surface area contributed by atoms with E-state index in [1.807, 2.05) is 32.9 Å². The molecule has 1 saturated heterocycles. The molecule has 128 valence electrons. The van der Waals surface area contributed by atoms with Crippen LogP contribution in [0.3, 0.4) is 0 Å². The van der Waals surface area contributed by atoms with Crippen LogP contribution in [0.15, 0.2) is 22.8 Å². The van der Waals surface area contributed by atoms with E-state index in [0.717, 1.165) is 23.0 Å². The number of ether oxygens (including phenoxy) is 2. The highest BCUT2D eigenvalue weighted by Gasteiger charge is 2.34. The van der Waals surface area contributed by atoms with Gasteiger partial charge in [0.05, 0.1) is 17.9 Å². The summed E-state index contributed by atoms with van der Waals surface area (Å²) < 4.78 is 12.4. The fourth-order valence-electron chi connectivity index (χ4n) is 2.37. The average Bonchev–Trinajstić information content (AvgIpc) is 2.46. The van der Waals surface area contributed by atoms with Crippen molar-refractivity contribution in [3.8, 4) is 0 Å². The molecule has 0 aromatic carbocycles. The van der Waals surface area contributed by atoms with Crippen LogP contribution in [0.2, 0.25) is 0 Å². The number of pyridine rings is 1. The first-order chi connectivity index (χ1) is 10.7. The minimum atomic E-state index is -0.457. The first-order valence-electron chi connectivity index (χ1n) is 7.89. The zero-order valence-electron chi connectivity index (χ0n) is 14.3. The summed E-state index contributed by atoms with van der Waals surface area (Å²) in [7, 11) is 0. The second kappa shape index (κ2) is 7.18. The van der Waals surface area contributed by atoms with Crippen molar-refractivity contribution in [1.82, 2.24) is 9.88 Å². The van der Waals surface area contributed by atoms with Crippen LogP contribution >= 0.6 is 15.9 Å². The third kappa shape index (κ3) is 5.77. The number of likely N-dealkylation sites (tertiary alicyclic amines) is 1. The Morgan fingerprint density at radius 2 is 2.00 bits per heavy atom. The van der Waals surface area contributed by atoms with Gasteiger partial charge in [0.1, 0.15) is 5.60 Å². The van der Waals surface area contributed by atoms with Gasteiger partial charge >= 0.3 is 6.09 Å². The number of hydrogen-bond acceptors (Lipinski definition) is 4. The van der Waals surface area contributed by atoms with Gasteiger partial charge < -0.3 is 14.4 Å². The van der Waals surface area contributed by atoms with E-state index < -0.39 is 5.60 Å². The third-order valence-corrected chi connectivity index (χ3v) is 4.30. The quantitative estimate of drug-likeness (QED) is 0.785. The Bertz CT molecular complexity index is 532. The summed E-state index contributed by atoms with van der Waals surface area (Å²) in [4.78, 5) is 18.2. The molecule has 0 saturated carbocycles. The molecule has 0 spiro atoms. The van der Waals surface area contributed by atoms with Crippen molar-refractivity contribution in [1.29, 1.82) is 0 Å². The van der Waals surface area contributed by atoms with Gasteiger partial charge in [-0.25, -0.2) is 4.79 Å². The molecule has 0 unspecified atom stereocenters. The predicted molar refractivity (Wildman–Crippen MR) is 92.2 cm³/mol. The second-order valence-corrected chi connectivity index (χ2v) is 8.09. The predicted octanol–water partition coefficient (Wildman–Crippen LogP) is 4.15. The molecule has 0 radical (unpaired) electrons.